The summed E-state index contributed by atoms with van der Waals surface area (Å²) in [5.74, 6) is 0.811. The van der Waals surface area contributed by atoms with Gasteiger partial charge in [0, 0.05) is 24.0 Å². The lowest BCUT2D eigenvalue weighted by Crippen LogP contribution is -2.26. The minimum atomic E-state index is -0.422. The number of phenolic OH excluding ortho intramolecular Hbond substituents is 2. The van der Waals surface area contributed by atoms with Crippen LogP contribution in [0.3, 0.4) is 0 Å². The van der Waals surface area contributed by atoms with Crippen molar-refractivity contribution in [3.05, 3.63) is 179 Å². The molecule has 8 aromatic rings. The van der Waals surface area contributed by atoms with Crippen molar-refractivity contribution in [2.75, 3.05) is 51.0 Å². The molecule has 0 radical (unpaired) electrons. The molecule has 14 nitrogen and oxygen atoms in total. The largest absolute Gasteiger partial charge is 0.507 e. The monoisotopic (exact) mass is 1040 g/mol. The molecule has 8 aromatic carbocycles. The minimum absolute atomic E-state index is 0.0448. The summed E-state index contributed by atoms with van der Waals surface area (Å²) in [5.41, 5.74) is 2.43. The summed E-state index contributed by atoms with van der Waals surface area (Å²) in [6.07, 6.45) is 1.96. The first-order valence-electron chi connectivity index (χ1n) is 22.6. The molecular formula is C57H54BrN3O11. The van der Waals surface area contributed by atoms with Gasteiger partial charge in [0.2, 0.25) is 0 Å². The van der Waals surface area contributed by atoms with Crippen molar-refractivity contribution in [1.82, 2.24) is 0 Å². The predicted molar refractivity (Wildman–Crippen MR) is 285 cm³/mol. The molecular weight excluding hydrogens is 983 g/mol. The maximum absolute atomic E-state index is 13.0. The maximum Gasteiger partial charge on any atom is 0.311 e. The number of nitrogens with zero attached hydrogens (tertiary/aromatic N) is 1. The Morgan fingerprint density at radius 2 is 1.06 bits per heavy atom. The van der Waals surface area contributed by atoms with Crippen molar-refractivity contribution in [3.8, 4) is 40.2 Å². The average molecular weight is 1040 g/mol. The molecule has 8 rings (SSSR count). The van der Waals surface area contributed by atoms with E-state index in [0.717, 1.165) is 38.9 Å². The number of ether oxygens (including phenoxy) is 5. The molecule has 0 aliphatic rings. The molecule has 0 unspecified atom stereocenters. The van der Waals surface area contributed by atoms with E-state index in [1.54, 1.807) is 100 Å². The number of halogens is 1. The summed E-state index contributed by atoms with van der Waals surface area (Å²) in [6.45, 7) is 2.01. The van der Waals surface area contributed by atoms with Crippen molar-refractivity contribution in [2.45, 2.75) is 26.2 Å². The van der Waals surface area contributed by atoms with Gasteiger partial charge in [-0.25, -0.2) is 0 Å². The zero-order chi connectivity index (χ0) is 51.7. The first kappa shape index (κ1) is 52.8. The molecule has 0 aliphatic carbocycles. The smallest absolute Gasteiger partial charge is 0.311 e. The molecule has 0 saturated carbocycles. The van der Waals surface area contributed by atoms with Crippen LogP contribution in [0.1, 0.15) is 57.3 Å². The van der Waals surface area contributed by atoms with E-state index in [4.69, 9.17) is 23.7 Å². The number of benzene rings is 8. The lowest BCUT2D eigenvalue weighted by atomic mass is 10.0. The summed E-state index contributed by atoms with van der Waals surface area (Å²) >= 11 is 3.42. The SMILES string of the molecule is CCCCC(=O)Oc1cc2ccccc2cc1C(=O)Nc1ccccc1OC.COc1ccc(C(=O)Nc2ccccc2OC)c(O)c1.COc1ccccc1N(C)C(=O)c1cc2cc(Br)ccc2cc1O. The van der Waals surface area contributed by atoms with Crippen LogP contribution in [-0.2, 0) is 4.79 Å². The number of amides is 3. The van der Waals surface area contributed by atoms with Crippen LogP contribution in [0.4, 0.5) is 17.1 Å². The number of aromatic hydroxyl groups is 2. The fraction of sp³-hybridized carbons (Fsp3) is 0.158. The second-order valence-electron chi connectivity index (χ2n) is 15.9. The van der Waals surface area contributed by atoms with E-state index in [2.05, 4.69) is 26.6 Å². The van der Waals surface area contributed by atoms with E-state index in [1.165, 1.54) is 31.3 Å². The van der Waals surface area contributed by atoms with E-state index < -0.39 is 5.91 Å². The Labute approximate surface area is 425 Å². The van der Waals surface area contributed by atoms with Crippen molar-refractivity contribution in [3.63, 3.8) is 0 Å². The number of unbranched alkanes of at least 4 members (excludes halogenated alkanes) is 1. The van der Waals surface area contributed by atoms with Gasteiger partial charge in [0.1, 0.15) is 40.2 Å². The number of carbonyl (C=O) groups is 4. The van der Waals surface area contributed by atoms with Gasteiger partial charge in [0.05, 0.1) is 62.2 Å². The van der Waals surface area contributed by atoms with Crippen LogP contribution < -0.4 is 39.2 Å². The highest BCUT2D eigenvalue weighted by molar-refractivity contribution is 9.10. The molecule has 370 valence electrons. The molecule has 0 bridgehead atoms. The number of hydrogen-bond acceptors (Lipinski definition) is 11. The summed E-state index contributed by atoms with van der Waals surface area (Å²) < 4.78 is 27.2. The second-order valence-corrected chi connectivity index (χ2v) is 16.8. The first-order valence-corrected chi connectivity index (χ1v) is 23.4. The molecule has 15 heteroatoms. The van der Waals surface area contributed by atoms with Crippen LogP contribution in [0.15, 0.2) is 162 Å². The molecule has 72 heavy (non-hydrogen) atoms. The van der Waals surface area contributed by atoms with Crippen molar-refractivity contribution in [2.24, 2.45) is 0 Å². The van der Waals surface area contributed by atoms with E-state index in [0.29, 0.717) is 52.0 Å². The number of phenols is 2. The van der Waals surface area contributed by atoms with Gasteiger partial charge in [-0.3, -0.25) is 19.2 Å². The van der Waals surface area contributed by atoms with Gasteiger partial charge < -0.3 is 49.4 Å². The highest BCUT2D eigenvalue weighted by Crippen LogP contribution is 2.34. The van der Waals surface area contributed by atoms with Crippen LogP contribution in [0.2, 0.25) is 0 Å². The van der Waals surface area contributed by atoms with E-state index in [1.807, 2.05) is 73.7 Å². The number of methoxy groups -OCH3 is 4. The number of para-hydroxylation sites is 6. The molecule has 0 saturated heterocycles. The predicted octanol–water partition coefficient (Wildman–Crippen LogP) is 12.5. The summed E-state index contributed by atoms with van der Waals surface area (Å²) in [7, 11) is 7.77. The van der Waals surface area contributed by atoms with E-state index >= 15 is 0 Å². The van der Waals surface area contributed by atoms with Gasteiger partial charge in [-0.2, -0.15) is 0 Å². The molecule has 4 N–H and O–H groups in total. The molecule has 0 fully saturated rings. The number of fused-ring (bicyclic) bond motifs is 2. The zero-order valence-electron chi connectivity index (χ0n) is 40.5. The lowest BCUT2D eigenvalue weighted by Gasteiger charge is -2.20. The van der Waals surface area contributed by atoms with E-state index in [-0.39, 0.29) is 46.2 Å². The Balaban J connectivity index is 0.000000179. The van der Waals surface area contributed by atoms with Crippen LogP contribution >= 0.6 is 15.9 Å². The third-order valence-electron chi connectivity index (χ3n) is 11.1. The number of anilines is 3. The van der Waals surface area contributed by atoms with Crippen molar-refractivity contribution >= 4 is 78.2 Å². The Bertz CT molecular complexity index is 3220. The quantitative estimate of drug-likeness (QED) is 0.0601. The van der Waals surface area contributed by atoms with Crippen molar-refractivity contribution in [1.29, 1.82) is 0 Å². The highest BCUT2D eigenvalue weighted by atomic mass is 79.9. The number of carbonyl (C=O) groups excluding carboxylic acids is 4. The molecule has 3 amide bonds. The minimum Gasteiger partial charge on any atom is -0.507 e. The zero-order valence-corrected chi connectivity index (χ0v) is 42.1. The standard InChI is InChI=1S/C23H23NO4.C19H16BrNO3.C15H15NO4/c1-3-4-13-22(25)28-21-15-17-10-6-5-9-16(17)14-18(21)23(26)24-19-11-7-8-12-20(19)27-2;1-21(16-5-3-4-6-18(16)24-2)19(23)15-10-13-9-14(20)8-7-12(13)11-17(15)22;1-19-10-7-8-11(13(17)9-10)15(18)16-12-5-3-4-6-14(12)20-2/h5-12,14-15H,3-4,13H2,1-2H3,(H,24,26);3-11,22H,1-2H3;3-9,17H,1-2H3,(H,16,18). The van der Waals surface area contributed by atoms with Gasteiger partial charge >= 0.3 is 5.97 Å². The molecule has 0 heterocycles. The fourth-order valence-electron chi connectivity index (χ4n) is 7.31. The van der Waals surface area contributed by atoms with Crippen LogP contribution in [0.25, 0.3) is 21.5 Å². The number of hydrogen-bond donors (Lipinski definition) is 4. The topological polar surface area (TPSA) is 182 Å². The number of rotatable bonds is 14. The Morgan fingerprint density at radius 1 is 0.528 bits per heavy atom. The fourth-order valence-corrected chi connectivity index (χ4v) is 7.69. The first-order chi connectivity index (χ1) is 34.8. The van der Waals surface area contributed by atoms with Crippen LogP contribution in [0, 0.1) is 0 Å². The molecule has 0 spiro atoms. The van der Waals surface area contributed by atoms with Gasteiger partial charge in [-0.05, 0) is 113 Å². The normalized spacial score (nSPS) is 10.4. The van der Waals surface area contributed by atoms with Gasteiger partial charge in [0.15, 0.2) is 0 Å². The van der Waals surface area contributed by atoms with Crippen LogP contribution in [-0.4, -0.2) is 69.4 Å². The lowest BCUT2D eigenvalue weighted by molar-refractivity contribution is -0.134. The molecule has 0 atom stereocenters. The van der Waals surface area contributed by atoms with Gasteiger partial charge in [-0.15, -0.1) is 0 Å². The molecule has 0 aromatic heterocycles. The number of nitrogens with one attached hydrogen (secondary N) is 2. The van der Waals surface area contributed by atoms with Gasteiger partial charge in [0.25, 0.3) is 17.7 Å². The second kappa shape index (κ2) is 25.3. The van der Waals surface area contributed by atoms with Crippen molar-refractivity contribution < 1.29 is 53.1 Å². The van der Waals surface area contributed by atoms with Crippen LogP contribution in [0.5, 0.6) is 40.2 Å². The van der Waals surface area contributed by atoms with Gasteiger partial charge in [-0.1, -0.05) is 96.0 Å². The summed E-state index contributed by atoms with van der Waals surface area (Å²) in [4.78, 5) is 51.6. The third-order valence-corrected chi connectivity index (χ3v) is 11.6. The Morgan fingerprint density at radius 3 is 1.65 bits per heavy atom. The maximum atomic E-state index is 13.0. The Hall–Kier alpha value is -8.56. The Kier molecular flexibility index (Phi) is 18.6. The molecule has 0 aliphatic heterocycles. The summed E-state index contributed by atoms with van der Waals surface area (Å²) in [5, 5.41) is 29.2. The summed E-state index contributed by atoms with van der Waals surface area (Å²) in [6, 6.07) is 46.0. The number of esters is 1. The highest BCUT2D eigenvalue weighted by Gasteiger charge is 2.22. The van der Waals surface area contributed by atoms with E-state index in [9.17, 15) is 29.4 Å². The average Bonchev–Trinajstić information content (AvgIpc) is 3.40. The third kappa shape index (κ3) is 13.4.